The Hall–Kier alpha value is -3.87. The summed E-state index contributed by atoms with van der Waals surface area (Å²) in [5.74, 6) is -0.0527. The number of ketones is 1. The number of para-hydroxylation sites is 1. The molecule has 0 bridgehead atoms. The zero-order valence-corrected chi connectivity index (χ0v) is 15.9. The van der Waals surface area contributed by atoms with Crippen LogP contribution in [0.25, 0.3) is 10.9 Å². The predicted molar refractivity (Wildman–Crippen MR) is 111 cm³/mol. The fourth-order valence-electron chi connectivity index (χ4n) is 4.14. The number of fused-ring (bicyclic) bond motifs is 4. The first-order valence-electron chi connectivity index (χ1n) is 9.26. The summed E-state index contributed by atoms with van der Waals surface area (Å²) in [4.78, 5) is 42.6. The number of nitrogens with zero attached hydrogens (tertiary/aromatic N) is 2. The van der Waals surface area contributed by atoms with Gasteiger partial charge in [-0.2, -0.15) is 0 Å². The molecule has 0 saturated carbocycles. The molecule has 0 radical (unpaired) electrons. The monoisotopic (exact) mass is 386 g/mol. The molecular weight excluding hydrogens is 368 g/mol. The zero-order valence-electron chi connectivity index (χ0n) is 15.9. The average molecular weight is 386 g/mol. The molecule has 0 amide bonds. The average Bonchev–Trinajstić information content (AvgIpc) is 3.13. The highest BCUT2D eigenvalue weighted by atomic mass is 16.2. The number of aromatic amines is 1. The van der Waals surface area contributed by atoms with Gasteiger partial charge in [-0.3, -0.25) is 18.7 Å². The highest BCUT2D eigenvalue weighted by Crippen LogP contribution is 2.44. The van der Waals surface area contributed by atoms with Gasteiger partial charge in [0.2, 0.25) is 0 Å². The molecular formula is C22H18N4O3. The second kappa shape index (κ2) is 6.07. The van der Waals surface area contributed by atoms with Gasteiger partial charge in [0.05, 0.1) is 11.5 Å². The molecule has 1 aliphatic rings. The maximum absolute atomic E-state index is 13.6. The number of nitrogens with one attached hydrogen (secondary N) is 2. The SMILES string of the molecule is Cn1c2c(c(=O)n(C)c1=O)[C@H](C(=O)c1ccccc1)c1c([nH]c3ccccc13)N2. The summed E-state index contributed by atoms with van der Waals surface area (Å²) in [7, 11) is 3.02. The Kier molecular flexibility index (Phi) is 3.61. The van der Waals surface area contributed by atoms with Crippen molar-refractivity contribution in [3.8, 4) is 0 Å². The zero-order chi connectivity index (χ0) is 20.3. The molecule has 2 N–H and O–H groups in total. The van der Waals surface area contributed by atoms with Gasteiger partial charge in [0, 0.05) is 36.1 Å². The van der Waals surface area contributed by atoms with E-state index in [1.807, 2.05) is 30.3 Å². The van der Waals surface area contributed by atoms with E-state index in [2.05, 4.69) is 10.3 Å². The van der Waals surface area contributed by atoms with Crippen LogP contribution in [0.2, 0.25) is 0 Å². The maximum Gasteiger partial charge on any atom is 0.332 e. The topological polar surface area (TPSA) is 88.9 Å². The van der Waals surface area contributed by atoms with Crippen molar-refractivity contribution in [2.75, 3.05) is 5.32 Å². The molecule has 4 aromatic rings. The Balaban J connectivity index is 1.89. The maximum atomic E-state index is 13.6. The Labute approximate surface area is 165 Å². The number of aromatic nitrogens is 3. The van der Waals surface area contributed by atoms with Gasteiger partial charge < -0.3 is 10.3 Å². The van der Waals surface area contributed by atoms with Crippen LogP contribution in [0.4, 0.5) is 11.6 Å². The Bertz CT molecular complexity index is 1410. The third-order valence-corrected chi connectivity index (χ3v) is 5.59. The summed E-state index contributed by atoms with van der Waals surface area (Å²) in [6.45, 7) is 0. The summed E-state index contributed by atoms with van der Waals surface area (Å²) in [5, 5.41) is 4.05. The van der Waals surface area contributed by atoms with Crippen LogP contribution in [0.1, 0.15) is 27.4 Å². The first-order chi connectivity index (χ1) is 14.0. The van der Waals surface area contributed by atoms with E-state index in [0.717, 1.165) is 21.0 Å². The second-order valence-corrected chi connectivity index (χ2v) is 7.22. The van der Waals surface area contributed by atoms with Crippen molar-refractivity contribution >= 4 is 28.3 Å². The van der Waals surface area contributed by atoms with Gasteiger partial charge in [-0.05, 0) is 6.07 Å². The number of carbonyl (C=O) groups is 1. The van der Waals surface area contributed by atoms with E-state index in [1.165, 1.54) is 11.6 Å². The standard InChI is InChI=1S/C22H18N4O3/c1-25-20-17(21(28)26(2)22(25)29)16(18(27)12-8-4-3-5-9-12)15-13-10-6-7-11-14(13)23-19(15)24-20/h3-11,16,23-24H,1-2H3/t16-/m1/s1. The predicted octanol–water partition coefficient (Wildman–Crippen LogP) is 2.64. The van der Waals surface area contributed by atoms with Crippen molar-refractivity contribution in [2.24, 2.45) is 14.1 Å². The van der Waals surface area contributed by atoms with Gasteiger partial charge in [-0.1, -0.05) is 48.5 Å². The van der Waals surface area contributed by atoms with Gasteiger partial charge in [0.15, 0.2) is 5.78 Å². The number of Topliss-reactive ketones (excluding diaryl/α,β-unsaturated/α-hetero) is 1. The number of benzene rings is 2. The first kappa shape index (κ1) is 17.2. The molecule has 0 spiro atoms. The molecule has 1 aliphatic heterocycles. The number of H-pyrrole nitrogens is 1. The summed E-state index contributed by atoms with van der Waals surface area (Å²) in [6, 6.07) is 16.6. The van der Waals surface area contributed by atoms with E-state index >= 15 is 0 Å². The first-order valence-corrected chi connectivity index (χ1v) is 9.26. The molecule has 7 nitrogen and oxygen atoms in total. The van der Waals surface area contributed by atoms with Crippen LogP contribution in [0.5, 0.6) is 0 Å². The van der Waals surface area contributed by atoms with E-state index in [9.17, 15) is 14.4 Å². The lowest BCUT2D eigenvalue weighted by Gasteiger charge is -2.27. The number of hydrogen-bond donors (Lipinski definition) is 2. The van der Waals surface area contributed by atoms with Gasteiger partial charge in [-0.25, -0.2) is 4.79 Å². The van der Waals surface area contributed by atoms with E-state index < -0.39 is 17.2 Å². The summed E-state index contributed by atoms with van der Waals surface area (Å²) >= 11 is 0. The van der Waals surface area contributed by atoms with Crippen molar-refractivity contribution in [1.29, 1.82) is 0 Å². The molecule has 0 fully saturated rings. The van der Waals surface area contributed by atoms with Gasteiger partial charge >= 0.3 is 5.69 Å². The molecule has 0 aliphatic carbocycles. The van der Waals surface area contributed by atoms with Gasteiger partial charge in [0.25, 0.3) is 5.56 Å². The Morgan fingerprint density at radius 1 is 0.897 bits per heavy atom. The highest BCUT2D eigenvalue weighted by Gasteiger charge is 2.38. The fraction of sp³-hybridized carbons (Fsp3) is 0.136. The quantitative estimate of drug-likeness (QED) is 0.519. The minimum atomic E-state index is -0.828. The summed E-state index contributed by atoms with van der Waals surface area (Å²) < 4.78 is 2.42. The van der Waals surface area contributed by atoms with Crippen molar-refractivity contribution in [2.45, 2.75) is 5.92 Å². The van der Waals surface area contributed by atoms with Gasteiger partial charge in [-0.15, -0.1) is 0 Å². The molecule has 1 atom stereocenters. The molecule has 5 rings (SSSR count). The minimum absolute atomic E-state index is 0.185. The fourth-order valence-corrected chi connectivity index (χ4v) is 4.14. The van der Waals surface area contributed by atoms with Crippen LogP contribution in [0, 0.1) is 0 Å². The lowest BCUT2D eigenvalue weighted by atomic mass is 9.83. The third-order valence-electron chi connectivity index (χ3n) is 5.59. The van der Waals surface area contributed by atoms with Crippen LogP contribution in [-0.4, -0.2) is 19.9 Å². The van der Waals surface area contributed by atoms with Gasteiger partial charge in [0.1, 0.15) is 11.6 Å². The van der Waals surface area contributed by atoms with Crippen LogP contribution in [-0.2, 0) is 14.1 Å². The van der Waals surface area contributed by atoms with Crippen LogP contribution < -0.4 is 16.6 Å². The normalized spacial score (nSPS) is 14.9. The lowest BCUT2D eigenvalue weighted by molar-refractivity contribution is 0.0973. The van der Waals surface area contributed by atoms with Crippen molar-refractivity contribution in [3.63, 3.8) is 0 Å². The molecule has 0 unspecified atom stereocenters. The molecule has 7 heteroatoms. The smallest absolute Gasteiger partial charge is 0.332 e. The lowest BCUT2D eigenvalue weighted by Crippen LogP contribution is -2.43. The largest absolute Gasteiger partial charge is 0.341 e. The summed E-state index contributed by atoms with van der Waals surface area (Å²) in [5.41, 5.74) is 1.44. The van der Waals surface area contributed by atoms with Crippen LogP contribution in [0.15, 0.2) is 64.2 Å². The summed E-state index contributed by atoms with van der Waals surface area (Å²) in [6.07, 6.45) is 0. The Morgan fingerprint density at radius 3 is 2.34 bits per heavy atom. The van der Waals surface area contributed by atoms with E-state index in [1.54, 1.807) is 31.3 Å². The number of carbonyl (C=O) groups excluding carboxylic acids is 1. The van der Waals surface area contributed by atoms with E-state index in [0.29, 0.717) is 17.2 Å². The van der Waals surface area contributed by atoms with E-state index in [-0.39, 0.29) is 11.3 Å². The number of hydrogen-bond acceptors (Lipinski definition) is 4. The number of rotatable bonds is 2. The highest BCUT2D eigenvalue weighted by molar-refractivity contribution is 6.09. The van der Waals surface area contributed by atoms with Crippen LogP contribution in [0.3, 0.4) is 0 Å². The molecule has 2 aromatic heterocycles. The molecule has 144 valence electrons. The molecule has 0 saturated heterocycles. The van der Waals surface area contributed by atoms with E-state index in [4.69, 9.17) is 0 Å². The van der Waals surface area contributed by atoms with Crippen molar-refractivity contribution < 1.29 is 4.79 Å². The number of anilines is 2. The van der Waals surface area contributed by atoms with Crippen molar-refractivity contribution in [3.05, 3.63) is 92.1 Å². The minimum Gasteiger partial charge on any atom is -0.341 e. The second-order valence-electron chi connectivity index (χ2n) is 7.22. The Morgan fingerprint density at radius 2 is 1.59 bits per heavy atom. The molecule has 29 heavy (non-hydrogen) atoms. The molecule has 3 heterocycles. The molecule has 2 aromatic carbocycles. The van der Waals surface area contributed by atoms with Crippen molar-refractivity contribution in [1.82, 2.24) is 14.1 Å². The third kappa shape index (κ3) is 2.34. The van der Waals surface area contributed by atoms with Crippen LogP contribution >= 0.6 is 0 Å².